The van der Waals surface area contributed by atoms with Crippen LogP contribution in [0.2, 0.25) is 0 Å². The smallest absolute Gasteiger partial charge is 0.302 e. The molecule has 0 aromatic carbocycles. The van der Waals surface area contributed by atoms with Crippen molar-refractivity contribution in [3.05, 3.63) is 0 Å². The standard InChI is InChI=1S/C5H7Cl3O2/c1-4(9)10-3-2-5(6,7)8/h2-3H2,1H3. The quantitative estimate of drug-likeness (QED) is 0.511. The number of alkyl halides is 3. The number of hydrogen-bond donors (Lipinski definition) is 0. The lowest BCUT2D eigenvalue weighted by atomic mass is 10.5. The van der Waals surface area contributed by atoms with Crippen molar-refractivity contribution in [2.24, 2.45) is 0 Å². The maximum atomic E-state index is 10.2. The third-order valence-corrected chi connectivity index (χ3v) is 1.26. The molecule has 0 N–H and O–H groups in total. The van der Waals surface area contributed by atoms with Gasteiger partial charge in [-0.1, -0.05) is 34.8 Å². The lowest BCUT2D eigenvalue weighted by Gasteiger charge is -2.09. The first-order valence-corrected chi connectivity index (χ1v) is 3.75. The van der Waals surface area contributed by atoms with E-state index < -0.39 is 3.79 Å². The molecule has 0 amide bonds. The zero-order valence-corrected chi connectivity index (χ0v) is 7.63. The normalized spacial score (nSPS) is 11.2. The second-order valence-corrected chi connectivity index (χ2v) is 4.22. The van der Waals surface area contributed by atoms with Crippen molar-refractivity contribution in [3.63, 3.8) is 0 Å². The van der Waals surface area contributed by atoms with Crippen molar-refractivity contribution in [2.45, 2.75) is 17.1 Å². The van der Waals surface area contributed by atoms with Gasteiger partial charge in [0.2, 0.25) is 0 Å². The molecule has 2 nitrogen and oxygen atoms in total. The van der Waals surface area contributed by atoms with Crippen LogP contribution in [-0.2, 0) is 9.53 Å². The first-order valence-electron chi connectivity index (χ1n) is 2.62. The van der Waals surface area contributed by atoms with Crippen molar-refractivity contribution in [3.8, 4) is 0 Å². The number of halogens is 3. The predicted molar refractivity (Wildman–Crippen MR) is 41.5 cm³/mol. The maximum Gasteiger partial charge on any atom is 0.302 e. The summed E-state index contributed by atoms with van der Waals surface area (Å²) >= 11 is 16.1. The average molecular weight is 205 g/mol. The van der Waals surface area contributed by atoms with E-state index in [1.54, 1.807) is 0 Å². The summed E-state index contributed by atoms with van der Waals surface area (Å²) in [5.74, 6) is -0.366. The maximum absolute atomic E-state index is 10.2. The van der Waals surface area contributed by atoms with Gasteiger partial charge in [0.1, 0.15) is 0 Å². The minimum Gasteiger partial charge on any atom is -0.466 e. The van der Waals surface area contributed by atoms with E-state index in [4.69, 9.17) is 34.8 Å². The van der Waals surface area contributed by atoms with Gasteiger partial charge in [-0.25, -0.2) is 0 Å². The summed E-state index contributed by atoms with van der Waals surface area (Å²) in [7, 11) is 0. The molecule has 0 aliphatic rings. The van der Waals surface area contributed by atoms with Gasteiger partial charge in [-0.2, -0.15) is 0 Å². The van der Waals surface area contributed by atoms with Crippen LogP contribution in [-0.4, -0.2) is 16.4 Å². The van der Waals surface area contributed by atoms with Gasteiger partial charge in [-0.15, -0.1) is 0 Å². The Bertz CT molecular complexity index is 119. The van der Waals surface area contributed by atoms with E-state index in [0.717, 1.165) is 0 Å². The van der Waals surface area contributed by atoms with Crippen LogP contribution >= 0.6 is 34.8 Å². The highest BCUT2D eigenvalue weighted by molar-refractivity contribution is 6.67. The molecule has 0 saturated heterocycles. The molecular weight excluding hydrogens is 198 g/mol. The van der Waals surface area contributed by atoms with Crippen LogP contribution in [0.25, 0.3) is 0 Å². The molecule has 0 aromatic rings. The summed E-state index contributed by atoms with van der Waals surface area (Å²) < 4.78 is 3.20. The molecule has 60 valence electrons. The average Bonchev–Trinajstić information content (AvgIpc) is 1.59. The van der Waals surface area contributed by atoms with Crippen LogP contribution in [0.15, 0.2) is 0 Å². The van der Waals surface area contributed by atoms with Gasteiger partial charge in [0, 0.05) is 13.3 Å². The van der Waals surface area contributed by atoms with E-state index in [1.807, 2.05) is 0 Å². The fourth-order valence-corrected chi connectivity index (χ4v) is 0.542. The third kappa shape index (κ3) is 8.34. The minimum absolute atomic E-state index is 0.145. The molecule has 0 fully saturated rings. The summed E-state index contributed by atoms with van der Waals surface area (Å²) in [6.45, 7) is 1.45. The summed E-state index contributed by atoms with van der Waals surface area (Å²) in [5, 5.41) is 0. The van der Waals surface area contributed by atoms with Gasteiger partial charge in [0.05, 0.1) is 6.61 Å². The highest BCUT2D eigenvalue weighted by atomic mass is 35.6. The molecule has 0 aliphatic carbocycles. The van der Waals surface area contributed by atoms with Crippen molar-refractivity contribution in [1.82, 2.24) is 0 Å². The molecule has 0 saturated carbocycles. The molecule has 0 aliphatic heterocycles. The number of rotatable bonds is 2. The van der Waals surface area contributed by atoms with Crippen molar-refractivity contribution < 1.29 is 9.53 Å². The Morgan fingerprint density at radius 3 is 2.30 bits per heavy atom. The minimum atomic E-state index is -1.32. The molecule has 5 heteroatoms. The summed E-state index contributed by atoms with van der Waals surface area (Å²) in [5.41, 5.74) is 0. The Kier molecular flexibility index (Phi) is 4.41. The fourth-order valence-electron chi connectivity index (χ4n) is 0.310. The molecule has 0 atom stereocenters. The van der Waals surface area contributed by atoms with E-state index in [2.05, 4.69) is 4.74 Å². The van der Waals surface area contributed by atoms with E-state index in [0.29, 0.717) is 0 Å². The summed E-state index contributed by atoms with van der Waals surface area (Å²) in [4.78, 5) is 10.2. The SMILES string of the molecule is CC(=O)OCCC(Cl)(Cl)Cl. The van der Waals surface area contributed by atoms with Crippen LogP contribution < -0.4 is 0 Å². The monoisotopic (exact) mass is 204 g/mol. The largest absolute Gasteiger partial charge is 0.466 e. The Labute approximate surface area is 74.4 Å². The molecule has 0 rings (SSSR count). The lowest BCUT2D eigenvalue weighted by molar-refractivity contribution is -0.141. The summed E-state index contributed by atoms with van der Waals surface area (Å²) in [6, 6.07) is 0. The molecule has 0 spiro atoms. The Morgan fingerprint density at radius 1 is 1.50 bits per heavy atom. The Morgan fingerprint density at radius 2 is 2.00 bits per heavy atom. The van der Waals surface area contributed by atoms with E-state index >= 15 is 0 Å². The molecule has 0 aromatic heterocycles. The van der Waals surface area contributed by atoms with Crippen LogP contribution in [0.4, 0.5) is 0 Å². The Hall–Kier alpha value is 0.340. The van der Waals surface area contributed by atoms with Crippen LogP contribution in [0.3, 0.4) is 0 Å². The van der Waals surface area contributed by atoms with Crippen LogP contribution in [0.1, 0.15) is 13.3 Å². The second kappa shape index (κ2) is 4.27. The fraction of sp³-hybridized carbons (Fsp3) is 0.800. The summed E-state index contributed by atoms with van der Waals surface area (Å²) in [6.07, 6.45) is 0.219. The predicted octanol–water partition coefficient (Wildman–Crippen LogP) is 2.31. The van der Waals surface area contributed by atoms with Gasteiger partial charge >= 0.3 is 5.97 Å². The van der Waals surface area contributed by atoms with Gasteiger partial charge in [-0.3, -0.25) is 4.79 Å². The molecule has 0 unspecified atom stereocenters. The van der Waals surface area contributed by atoms with Gasteiger partial charge < -0.3 is 4.74 Å². The number of esters is 1. The molecular formula is C5H7Cl3O2. The van der Waals surface area contributed by atoms with E-state index in [9.17, 15) is 4.79 Å². The lowest BCUT2D eigenvalue weighted by Crippen LogP contribution is -2.09. The highest BCUT2D eigenvalue weighted by Crippen LogP contribution is 2.29. The van der Waals surface area contributed by atoms with E-state index in [1.165, 1.54) is 6.92 Å². The number of ether oxygens (including phenoxy) is 1. The second-order valence-electron chi connectivity index (χ2n) is 1.71. The van der Waals surface area contributed by atoms with Crippen molar-refractivity contribution in [2.75, 3.05) is 6.61 Å². The molecule has 10 heavy (non-hydrogen) atoms. The third-order valence-electron chi connectivity index (χ3n) is 0.691. The van der Waals surface area contributed by atoms with Gasteiger partial charge in [-0.05, 0) is 0 Å². The number of carbonyl (C=O) groups is 1. The van der Waals surface area contributed by atoms with Gasteiger partial charge in [0.15, 0.2) is 3.79 Å². The number of carbonyl (C=O) groups excluding carboxylic acids is 1. The molecule has 0 bridgehead atoms. The molecule has 0 heterocycles. The first kappa shape index (κ1) is 10.3. The number of hydrogen-bond acceptors (Lipinski definition) is 2. The van der Waals surface area contributed by atoms with Gasteiger partial charge in [0.25, 0.3) is 0 Å². The van der Waals surface area contributed by atoms with E-state index in [-0.39, 0.29) is 19.0 Å². The topological polar surface area (TPSA) is 26.3 Å². The molecule has 0 radical (unpaired) electrons. The van der Waals surface area contributed by atoms with Crippen molar-refractivity contribution in [1.29, 1.82) is 0 Å². The van der Waals surface area contributed by atoms with Crippen LogP contribution in [0, 0.1) is 0 Å². The Balaban J connectivity index is 3.29. The zero-order valence-electron chi connectivity index (χ0n) is 5.36. The highest BCUT2D eigenvalue weighted by Gasteiger charge is 2.19. The van der Waals surface area contributed by atoms with Crippen molar-refractivity contribution >= 4 is 40.8 Å². The van der Waals surface area contributed by atoms with Crippen LogP contribution in [0.5, 0.6) is 0 Å². The zero-order chi connectivity index (χ0) is 8.20. The first-order chi connectivity index (χ1) is 4.42.